The zero-order valence-corrected chi connectivity index (χ0v) is 9.93. The molecule has 4 nitrogen and oxygen atoms in total. The molecule has 0 atom stereocenters. The molecule has 2 rings (SSSR count). The molecule has 0 saturated heterocycles. The second-order valence-electron chi connectivity index (χ2n) is 3.77. The van der Waals surface area contributed by atoms with Gasteiger partial charge in [0.15, 0.2) is 0 Å². The maximum absolute atomic E-state index is 13.3. The zero-order valence-electron chi connectivity index (χ0n) is 9.93. The minimum atomic E-state index is -0.560. The Morgan fingerprint density at radius 3 is 2.94 bits per heavy atom. The van der Waals surface area contributed by atoms with Gasteiger partial charge >= 0.3 is 0 Å². The van der Waals surface area contributed by atoms with Crippen LogP contribution in [0.25, 0.3) is 0 Å². The van der Waals surface area contributed by atoms with Gasteiger partial charge in [0.05, 0.1) is 6.61 Å². The minimum Gasteiger partial charge on any atom is -0.492 e. The summed E-state index contributed by atoms with van der Waals surface area (Å²) in [6, 6.07) is 8.04. The van der Waals surface area contributed by atoms with Crippen molar-refractivity contribution in [3.05, 3.63) is 47.5 Å². The molecule has 0 spiro atoms. The number of aryl methyl sites for hydroxylation is 1. The lowest BCUT2D eigenvalue weighted by atomic mass is 10.2. The predicted octanol–water partition coefficient (Wildman–Crippen LogP) is 2.05. The van der Waals surface area contributed by atoms with E-state index in [1.54, 1.807) is 23.0 Å². The largest absolute Gasteiger partial charge is 0.492 e. The van der Waals surface area contributed by atoms with Crippen molar-refractivity contribution in [2.24, 2.45) is 7.05 Å². The third kappa shape index (κ3) is 2.48. The van der Waals surface area contributed by atoms with Crippen molar-refractivity contribution < 1.29 is 9.13 Å². The van der Waals surface area contributed by atoms with E-state index in [1.807, 2.05) is 13.1 Å². The standard InChI is InChI=1S/C13H12FN3O/c1-17-10(5-7-16-17)6-8-18-13-4-2-3-12(14)11(13)9-15/h2-5,7H,6,8H2,1H3. The molecule has 0 aliphatic carbocycles. The molecule has 2 aromatic rings. The molecule has 1 heterocycles. The van der Waals surface area contributed by atoms with E-state index in [4.69, 9.17) is 10.00 Å². The Morgan fingerprint density at radius 1 is 1.44 bits per heavy atom. The number of aromatic nitrogens is 2. The molecule has 5 heteroatoms. The lowest BCUT2D eigenvalue weighted by Crippen LogP contribution is -2.07. The first-order chi connectivity index (χ1) is 8.72. The van der Waals surface area contributed by atoms with Gasteiger partial charge < -0.3 is 4.74 Å². The third-order valence-corrected chi connectivity index (χ3v) is 2.63. The van der Waals surface area contributed by atoms with E-state index in [9.17, 15) is 4.39 Å². The van der Waals surface area contributed by atoms with Crippen LogP contribution in [0.4, 0.5) is 4.39 Å². The van der Waals surface area contributed by atoms with Crippen molar-refractivity contribution in [2.75, 3.05) is 6.61 Å². The molecule has 0 aliphatic rings. The number of nitriles is 1. The van der Waals surface area contributed by atoms with Gasteiger partial charge in [-0.2, -0.15) is 10.4 Å². The van der Waals surface area contributed by atoms with Gasteiger partial charge in [0, 0.05) is 25.4 Å². The van der Waals surface area contributed by atoms with Gasteiger partial charge in [-0.05, 0) is 18.2 Å². The van der Waals surface area contributed by atoms with Crippen LogP contribution < -0.4 is 4.74 Å². The fraction of sp³-hybridized carbons (Fsp3) is 0.231. The summed E-state index contributed by atoms with van der Waals surface area (Å²) < 4.78 is 20.5. The van der Waals surface area contributed by atoms with E-state index in [0.717, 1.165) is 5.69 Å². The molecule has 0 N–H and O–H groups in total. The van der Waals surface area contributed by atoms with Gasteiger partial charge in [0.25, 0.3) is 0 Å². The summed E-state index contributed by atoms with van der Waals surface area (Å²) in [5.74, 6) is -0.282. The summed E-state index contributed by atoms with van der Waals surface area (Å²) in [4.78, 5) is 0. The molecule has 1 aromatic carbocycles. The summed E-state index contributed by atoms with van der Waals surface area (Å²) >= 11 is 0. The number of nitrogens with zero attached hydrogens (tertiary/aromatic N) is 3. The van der Waals surface area contributed by atoms with Gasteiger partial charge in [0.1, 0.15) is 23.2 Å². The van der Waals surface area contributed by atoms with Crippen LogP contribution in [0.15, 0.2) is 30.5 Å². The quantitative estimate of drug-likeness (QED) is 0.828. The highest BCUT2D eigenvalue weighted by Crippen LogP contribution is 2.20. The minimum absolute atomic E-state index is 0.0532. The van der Waals surface area contributed by atoms with Crippen molar-refractivity contribution in [2.45, 2.75) is 6.42 Å². The third-order valence-electron chi connectivity index (χ3n) is 2.63. The molecule has 0 bridgehead atoms. The predicted molar refractivity (Wildman–Crippen MR) is 63.5 cm³/mol. The van der Waals surface area contributed by atoms with Crippen molar-refractivity contribution in [3.63, 3.8) is 0 Å². The van der Waals surface area contributed by atoms with Crippen molar-refractivity contribution >= 4 is 0 Å². The Kier molecular flexibility index (Phi) is 3.58. The Hall–Kier alpha value is -2.35. The second kappa shape index (κ2) is 5.32. The molecule has 0 aliphatic heterocycles. The summed E-state index contributed by atoms with van der Waals surface area (Å²) in [5.41, 5.74) is 0.965. The first-order valence-corrected chi connectivity index (χ1v) is 5.50. The number of hydrogen-bond acceptors (Lipinski definition) is 3. The van der Waals surface area contributed by atoms with E-state index < -0.39 is 5.82 Å². The number of benzene rings is 1. The van der Waals surface area contributed by atoms with Crippen LogP contribution in [0.1, 0.15) is 11.3 Å². The molecular weight excluding hydrogens is 233 g/mol. The summed E-state index contributed by atoms with van der Waals surface area (Å²) in [5, 5.41) is 12.9. The normalized spacial score (nSPS) is 10.1. The van der Waals surface area contributed by atoms with Gasteiger partial charge in [-0.25, -0.2) is 4.39 Å². The van der Waals surface area contributed by atoms with Crippen LogP contribution >= 0.6 is 0 Å². The summed E-state index contributed by atoms with van der Waals surface area (Å²) in [6.45, 7) is 0.373. The van der Waals surface area contributed by atoms with Crippen LogP contribution in [-0.4, -0.2) is 16.4 Å². The average Bonchev–Trinajstić information content (AvgIpc) is 2.75. The Balaban J connectivity index is 2.01. The topological polar surface area (TPSA) is 50.8 Å². The van der Waals surface area contributed by atoms with Crippen LogP contribution in [0.3, 0.4) is 0 Å². The van der Waals surface area contributed by atoms with E-state index in [2.05, 4.69) is 5.10 Å². The van der Waals surface area contributed by atoms with Crippen molar-refractivity contribution in [1.29, 1.82) is 5.26 Å². The number of ether oxygens (including phenoxy) is 1. The van der Waals surface area contributed by atoms with E-state index in [0.29, 0.717) is 13.0 Å². The van der Waals surface area contributed by atoms with E-state index in [-0.39, 0.29) is 11.3 Å². The first-order valence-electron chi connectivity index (χ1n) is 5.50. The number of hydrogen-bond donors (Lipinski definition) is 0. The van der Waals surface area contributed by atoms with Gasteiger partial charge in [-0.3, -0.25) is 4.68 Å². The molecule has 92 valence electrons. The highest BCUT2D eigenvalue weighted by atomic mass is 19.1. The Labute approximate surface area is 104 Å². The Morgan fingerprint density at radius 2 is 2.28 bits per heavy atom. The molecule has 1 aromatic heterocycles. The van der Waals surface area contributed by atoms with Crippen LogP contribution in [0, 0.1) is 17.1 Å². The molecule has 0 fully saturated rings. The fourth-order valence-electron chi connectivity index (χ4n) is 1.65. The molecule has 18 heavy (non-hydrogen) atoms. The monoisotopic (exact) mass is 245 g/mol. The molecule has 0 saturated carbocycles. The molecular formula is C13H12FN3O. The lowest BCUT2D eigenvalue weighted by molar-refractivity contribution is 0.315. The Bertz CT molecular complexity index is 586. The maximum atomic E-state index is 13.3. The maximum Gasteiger partial charge on any atom is 0.144 e. The van der Waals surface area contributed by atoms with Crippen molar-refractivity contribution in [3.8, 4) is 11.8 Å². The van der Waals surface area contributed by atoms with Crippen LogP contribution in [-0.2, 0) is 13.5 Å². The van der Waals surface area contributed by atoms with Crippen LogP contribution in [0.5, 0.6) is 5.75 Å². The number of rotatable bonds is 4. The van der Waals surface area contributed by atoms with Crippen LogP contribution in [0.2, 0.25) is 0 Å². The smallest absolute Gasteiger partial charge is 0.144 e. The summed E-state index contributed by atoms with van der Waals surface area (Å²) in [7, 11) is 1.85. The molecule has 0 unspecified atom stereocenters. The molecule has 0 amide bonds. The van der Waals surface area contributed by atoms with Crippen molar-refractivity contribution in [1.82, 2.24) is 9.78 Å². The molecule has 0 radical (unpaired) electrons. The second-order valence-corrected chi connectivity index (χ2v) is 3.77. The fourth-order valence-corrected chi connectivity index (χ4v) is 1.65. The highest BCUT2D eigenvalue weighted by molar-refractivity contribution is 5.43. The number of halogens is 1. The first kappa shape index (κ1) is 12.1. The SMILES string of the molecule is Cn1nccc1CCOc1cccc(F)c1C#N. The van der Waals surface area contributed by atoms with Gasteiger partial charge in [-0.1, -0.05) is 6.07 Å². The average molecular weight is 245 g/mol. The lowest BCUT2D eigenvalue weighted by Gasteiger charge is -2.08. The van der Waals surface area contributed by atoms with E-state index in [1.165, 1.54) is 12.1 Å². The zero-order chi connectivity index (χ0) is 13.0. The van der Waals surface area contributed by atoms with E-state index >= 15 is 0 Å². The van der Waals surface area contributed by atoms with Gasteiger partial charge in [-0.15, -0.1) is 0 Å². The highest BCUT2D eigenvalue weighted by Gasteiger charge is 2.08. The summed E-state index contributed by atoms with van der Waals surface area (Å²) in [6.07, 6.45) is 2.36. The van der Waals surface area contributed by atoms with Gasteiger partial charge in [0.2, 0.25) is 0 Å².